The third-order valence-corrected chi connectivity index (χ3v) is 5.35. The van der Waals surface area contributed by atoms with Gasteiger partial charge < -0.3 is 19.9 Å². The first kappa shape index (κ1) is 20.2. The van der Waals surface area contributed by atoms with Gasteiger partial charge in [0.15, 0.2) is 11.5 Å². The van der Waals surface area contributed by atoms with Crippen molar-refractivity contribution in [3.8, 4) is 11.5 Å². The molecule has 0 saturated heterocycles. The van der Waals surface area contributed by atoms with Crippen molar-refractivity contribution < 1.29 is 19.4 Å². The standard InChI is InChI=1S/C22H28N2O4/c1-24(2)20(15-8-6-5-7-9-15)21(25)23-14-22(26)11-10-16-12-18(27-3)19(28-4)13-17(16)22/h5-9,12-13,20,26H,10-11,14H2,1-4H3,(H,23,25). The Morgan fingerprint density at radius 1 is 1.18 bits per heavy atom. The topological polar surface area (TPSA) is 71.0 Å². The number of fused-ring (bicyclic) bond motifs is 1. The van der Waals surface area contributed by atoms with Crippen LogP contribution in [0.3, 0.4) is 0 Å². The summed E-state index contributed by atoms with van der Waals surface area (Å²) in [4.78, 5) is 14.8. The highest BCUT2D eigenvalue weighted by molar-refractivity contribution is 5.83. The van der Waals surface area contributed by atoms with Gasteiger partial charge >= 0.3 is 0 Å². The predicted molar refractivity (Wildman–Crippen MR) is 108 cm³/mol. The van der Waals surface area contributed by atoms with Crippen LogP contribution in [-0.4, -0.2) is 50.8 Å². The van der Waals surface area contributed by atoms with Gasteiger partial charge in [-0.2, -0.15) is 0 Å². The highest BCUT2D eigenvalue weighted by atomic mass is 16.5. The van der Waals surface area contributed by atoms with Crippen molar-refractivity contribution in [2.45, 2.75) is 24.5 Å². The third kappa shape index (κ3) is 3.84. The molecule has 1 aliphatic rings. The van der Waals surface area contributed by atoms with Crippen molar-refractivity contribution in [2.24, 2.45) is 0 Å². The number of nitrogens with zero attached hydrogens (tertiary/aromatic N) is 1. The SMILES string of the molecule is COc1cc2c(cc1OC)C(O)(CNC(=O)C(c1ccccc1)N(C)C)CC2. The van der Waals surface area contributed by atoms with Gasteiger partial charge in [0, 0.05) is 0 Å². The quantitative estimate of drug-likeness (QED) is 0.766. The summed E-state index contributed by atoms with van der Waals surface area (Å²) >= 11 is 0. The molecular weight excluding hydrogens is 356 g/mol. The zero-order valence-corrected chi connectivity index (χ0v) is 16.9. The lowest BCUT2D eigenvalue weighted by atomic mass is 9.95. The molecule has 6 nitrogen and oxygen atoms in total. The van der Waals surface area contributed by atoms with Gasteiger partial charge in [-0.1, -0.05) is 30.3 Å². The van der Waals surface area contributed by atoms with Crippen molar-refractivity contribution in [3.63, 3.8) is 0 Å². The summed E-state index contributed by atoms with van der Waals surface area (Å²) in [5.74, 6) is 1.08. The molecule has 6 heteroatoms. The van der Waals surface area contributed by atoms with E-state index < -0.39 is 11.6 Å². The second kappa shape index (κ2) is 8.20. The van der Waals surface area contributed by atoms with Crippen LogP contribution in [0.1, 0.15) is 29.2 Å². The third-order valence-electron chi connectivity index (χ3n) is 5.35. The lowest BCUT2D eigenvalue weighted by Gasteiger charge is -2.28. The number of carbonyl (C=O) groups excluding carboxylic acids is 1. The molecule has 0 aliphatic heterocycles. The maximum absolute atomic E-state index is 12.9. The Labute approximate surface area is 166 Å². The van der Waals surface area contributed by atoms with Gasteiger partial charge in [0.1, 0.15) is 11.6 Å². The molecule has 2 atom stereocenters. The van der Waals surface area contributed by atoms with E-state index >= 15 is 0 Å². The fourth-order valence-electron chi connectivity index (χ4n) is 3.87. The molecule has 1 aliphatic carbocycles. The van der Waals surface area contributed by atoms with Crippen LogP contribution < -0.4 is 14.8 Å². The van der Waals surface area contributed by atoms with Crippen molar-refractivity contribution in [1.82, 2.24) is 10.2 Å². The van der Waals surface area contributed by atoms with Crippen LogP contribution in [0.25, 0.3) is 0 Å². The van der Waals surface area contributed by atoms with Crippen molar-refractivity contribution >= 4 is 5.91 Å². The van der Waals surface area contributed by atoms with E-state index in [2.05, 4.69) is 5.32 Å². The first-order valence-corrected chi connectivity index (χ1v) is 9.36. The highest BCUT2D eigenvalue weighted by Crippen LogP contribution is 2.42. The van der Waals surface area contributed by atoms with Crippen LogP contribution in [0.5, 0.6) is 11.5 Å². The van der Waals surface area contributed by atoms with Crippen LogP contribution in [0, 0.1) is 0 Å². The average molecular weight is 384 g/mol. The van der Waals surface area contributed by atoms with Crippen LogP contribution in [0.4, 0.5) is 0 Å². The summed E-state index contributed by atoms with van der Waals surface area (Å²) in [5.41, 5.74) is 1.58. The number of aliphatic hydroxyl groups is 1. The molecule has 0 aromatic heterocycles. The molecular formula is C22H28N2O4. The molecule has 3 rings (SSSR count). The van der Waals surface area contributed by atoms with Gasteiger partial charge in [-0.3, -0.25) is 9.69 Å². The molecule has 0 saturated carbocycles. The van der Waals surface area contributed by atoms with Crippen LogP contribution in [-0.2, 0) is 16.8 Å². The number of ether oxygens (including phenoxy) is 2. The molecule has 0 fully saturated rings. The largest absolute Gasteiger partial charge is 0.493 e. The normalized spacial score (nSPS) is 19.2. The monoisotopic (exact) mass is 384 g/mol. The number of aryl methyl sites for hydroxylation is 1. The van der Waals surface area contributed by atoms with Crippen LogP contribution in [0.2, 0.25) is 0 Å². The second-order valence-corrected chi connectivity index (χ2v) is 7.39. The summed E-state index contributed by atoms with van der Waals surface area (Å²) in [5, 5.41) is 14.2. The van der Waals surface area contributed by atoms with E-state index in [0.717, 1.165) is 23.1 Å². The van der Waals surface area contributed by atoms with Crippen LogP contribution in [0.15, 0.2) is 42.5 Å². The summed E-state index contributed by atoms with van der Waals surface area (Å²) in [6, 6.07) is 12.9. The lowest BCUT2D eigenvalue weighted by Crippen LogP contribution is -2.44. The number of nitrogens with one attached hydrogen (secondary N) is 1. The van der Waals surface area contributed by atoms with E-state index in [1.165, 1.54) is 0 Å². The predicted octanol–water partition coefficient (Wildman–Crippen LogP) is 2.26. The van der Waals surface area contributed by atoms with Crippen molar-refractivity contribution in [1.29, 1.82) is 0 Å². The minimum absolute atomic E-state index is 0.140. The Balaban J connectivity index is 1.79. The van der Waals surface area contributed by atoms with E-state index in [0.29, 0.717) is 17.9 Å². The number of hydrogen-bond donors (Lipinski definition) is 2. The number of hydrogen-bond acceptors (Lipinski definition) is 5. The maximum Gasteiger partial charge on any atom is 0.242 e. The van der Waals surface area contributed by atoms with E-state index in [1.54, 1.807) is 14.2 Å². The van der Waals surface area contributed by atoms with Crippen molar-refractivity contribution in [2.75, 3.05) is 34.9 Å². The molecule has 0 heterocycles. The fourth-order valence-corrected chi connectivity index (χ4v) is 3.87. The lowest BCUT2D eigenvalue weighted by molar-refractivity contribution is -0.127. The minimum Gasteiger partial charge on any atom is -0.493 e. The Morgan fingerprint density at radius 2 is 1.82 bits per heavy atom. The first-order chi connectivity index (χ1) is 13.4. The number of amides is 1. The number of carbonyl (C=O) groups is 1. The summed E-state index contributed by atoms with van der Waals surface area (Å²) < 4.78 is 10.7. The van der Waals surface area contributed by atoms with Gasteiger partial charge in [0.2, 0.25) is 5.91 Å². The van der Waals surface area contributed by atoms with E-state index in [4.69, 9.17) is 9.47 Å². The number of methoxy groups -OCH3 is 2. The van der Waals surface area contributed by atoms with E-state index in [9.17, 15) is 9.90 Å². The zero-order valence-electron chi connectivity index (χ0n) is 16.9. The van der Waals surface area contributed by atoms with Gasteiger partial charge in [-0.05, 0) is 55.8 Å². The Bertz CT molecular complexity index is 838. The van der Waals surface area contributed by atoms with Gasteiger partial charge in [-0.15, -0.1) is 0 Å². The van der Waals surface area contributed by atoms with Gasteiger partial charge in [-0.25, -0.2) is 0 Å². The molecule has 2 aromatic carbocycles. The summed E-state index contributed by atoms with van der Waals surface area (Å²) in [6.45, 7) is 0.144. The molecule has 2 unspecified atom stereocenters. The molecule has 150 valence electrons. The minimum atomic E-state index is -1.13. The number of rotatable bonds is 7. The average Bonchev–Trinajstić information content (AvgIpc) is 3.02. The maximum atomic E-state index is 12.9. The Morgan fingerprint density at radius 3 is 2.43 bits per heavy atom. The molecule has 2 aromatic rings. The summed E-state index contributed by atoms with van der Waals surface area (Å²) in [6.07, 6.45) is 1.26. The second-order valence-electron chi connectivity index (χ2n) is 7.39. The number of benzene rings is 2. The fraction of sp³-hybridized carbons (Fsp3) is 0.409. The van der Waals surface area contributed by atoms with Crippen molar-refractivity contribution in [3.05, 3.63) is 59.2 Å². The Hall–Kier alpha value is -2.57. The zero-order chi connectivity index (χ0) is 20.3. The Kier molecular flexibility index (Phi) is 5.91. The first-order valence-electron chi connectivity index (χ1n) is 9.36. The molecule has 0 spiro atoms. The molecule has 0 bridgehead atoms. The summed E-state index contributed by atoms with van der Waals surface area (Å²) in [7, 11) is 6.90. The number of likely N-dealkylation sites (N-methyl/N-ethyl adjacent to an activating group) is 1. The smallest absolute Gasteiger partial charge is 0.242 e. The molecule has 28 heavy (non-hydrogen) atoms. The molecule has 1 amide bonds. The van der Waals surface area contributed by atoms with E-state index in [1.807, 2.05) is 61.5 Å². The van der Waals surface area contributed by atoms with E-state index in [-0.39, 0.29) is 12.5 Å². The molecule has 2 N–H and O–H groups in total. The van der Waals surface area contributed by atoms with Gasteiger partial charge in [0.05, 0.1) is 20.8 Å². The molecule has 0 radical (unpaired) electrons. The highest BCUT2D eigenvalue weighted by Gasteiger charge is 2.39. The van der Waals surface area contributed by atoms with Crippen LogP contribution >= 0.6 is 0 Å². The van der Waals surface area contributed by atoms with Gasteiger partial charge in [0.25, 0.3) is 0 Å².